The molecule has 1 aromatic rings. The molecule has 0 aliphatic heterocycles. The third kappa shape index (κ3) is 4.57. The second-order valence-corrected chi connectivity index (χ2v) is 6.95. The average Bonchev–Trinajstić information content (AvgIpc) is 2.67. The molecule has 1 saturated carbocycles. The molecule has 0 saturated heterocycles. The maximum absolute atomic E-state index is 10.7. The highest BCUT2D eigenvalue weighted by molar-refractivity contribution is 9.10. The first-order valence-corrected chi connectivity index (χ1v) is 8.63. The van der Waals surface area contributed by atoms with Crippen LogP contribution in [0.1, 0.15) is 63.5 Å². The Morgan fingerprint density at radius 2 is 1.75 bits per heavy atom. The fourth-order valence-corrected chi connectivity index (χ4v) is 3.33. The van der Waals surface area contributed by atoms with E-state index in [2.05, 4.69) is 52.4 Å². The van der Waals surface area contributed by atoms with Crippen LogP contribution in [0.25, 0.3) is 0 Å². The van der Waals surface area contributed by atoms with Gasteiger partial charge in [-0.25, -0.2) is 0 Å². The number of rotatable bonds is 5. The summed E-state index contributed by atoms with van der Waals surface area (Å²) in [6.07, 6.45) is 7.78. The van der Waals surface area contributed by atoms with Gasteiger partial charge in [0.2, 0.25) is 0 Å². The standard InChI is InChI=1S/C17H26BrNO/c1-2-16(14-7-9-15(18)10-8-14)19-13-17(20)11-5-3-4-6-12-17/h7-10,16,19-20H,2-6,11-13H2,1H3. The number of benzene rings is 1. The molecule has 2 rings (SSSR count). The zero-order valence-electron chi connectivity index (χ0n) is 12.4. The predicted octanol–water partition coefficient (Wildman–Crippen LogP) is 4.58. The molecule has 1 atom stereocenters. The van der Waals surface area contributed by atoms with Gasteiger partial charge in [0.05, 0.1) is 5.60 Å². The van der Waals surface area contributed by atoms with Crippen LogP contribution in [0.5, 0.6) is 0 Å². The molecule has 0 amide bonds. The monoisotopic (exact) mass is 339 g/mol. The molecule has 0 heterocycles. The molecule has 0 aromatic heterocycles. The number of hydrogen-bond acceptors (Lipinski definition) is 2. The first-order valence-electron chi connectivity index (χ1n) is 7.84. The second kappa shape index (κ2) is 7.58. The lowest BCUT2D eigenvalue weighted by Crippen LogP contribution is -2.41. The summed E-state index contributed by atoms with van der Waals surface area (Å²) >= 11 is 3.47. The predicted molar refractivity (Wildman–Crippen MR) is 87.8 cm³/mol. The van der Waals surface area contributed by atoms with Gasteiger partial charge in [0.1, 0.15) is 0 Å². The minimum Gasteiger partial charge on any atom is -0.389 e. The highest BCUT2D eigenvalue weighted by Gasteiger charge is 2.28. The topological polar surface area (TPSA) is 32.3 Å². The number of hydrogen-bond donors (Lipinski definition) is 2. The van der Waals surface area contributed by atoms with Crippen molar-refractivity contribution in [3.8, 4) is 0 Å². The van der Waals surface area contributed by atoms with Gasteiger partial charge in [-0.05, 0) is 37.0 Å². The van der Waals surface area contributed by atoms with E-state index in [0.29, 0.717) is 12.6 Å². The molecule has 1 aliphatic carbocycles. The minimum atomic E-state index is -0.501. The Morgan fingerprint density at radius 1 is 1.15 bits per heavy atom. The van der Waals surface area contributed by atoms with Crippen molar-refractivity contribution in [2.24, 2.45) is 0 Å². The molecule has 2 nitrogen and oxygen atoms in total. The van der Waals surface area contributed by atoms with Crippen LogP contribution in [0.4, 0.5) is 0 Å². The van der Waals surface area contributed by atoms with E-state index in [1.54, 1.807) is 0 Å². The van der Waals surface area contributed by atoms with Crippen molar-refractivity contribution in [3.63, 3.8) is 0 Å². The molecule has 112 valence electrons. The number of aliphatic hydroxyl groups is 1. The van der Waals surface area contributed by atoms with E-state index in [4.69, 9.17) is 0 Å². The average molecular weight is 340 g/mol. The summed E-state index contributed by atoms with van der Waals surface area (Å²) in [7, 11) is 0. The highest BCUT2D eigenvalue weighted by atomic mass is 79.9. The van der Waals surface area contributed by atoms with E-state index >= 15 is 0 Å². The molecular weight excluding hydrogens is 314 g/mol. The fraction of sp³-hybridized carbons (Fsp3) is 0.647. The van der Waals surface area contributed by atoms with Crippen molar-refractivity contribution in [3.05, 3.63) is 34.3 Å². The van der Waals surface area contributed by atoms with Crippen LogP contribution in [0.15, 0.2) is 28.7 Å². The van der Waals surface area contributed by atoms with E-state index in [-0.39, 0.29) is 0 Å². The minimum absolute atomic E-state index is 0.329. The van der Waals surface area contributed by atoms with Gasteiger partial charge in [0.25, 0.3) is 0 Å². The van der Waals surface area contributed by atoms with Gasteiger partial charge in [0.15, 0.2) is 0 Å². The Kier molecular flexibility index (Phi) is 6.06. The summed E-state index contributed by atoms with van der Waals surface area (Å²) in [5, 5.41) is 14.3. The summed E-state index contributed by atoms with van der Waals surface area (Å²) in [6, 6.07) is 8.81. The zero-order valence-corrected chi connectivity index (χ0v) is 14.0. The van der Waals surface area contributed by atoms with Crippen LogP contribution in [0.2, 0.25) is 0 Å². The van der Waals surface area contributed by atoms with Crippen molar-refractivity contribution >= 4 is 15.9 Å². The van der Waals surface area contributed by atoms with Crippen molar-refractivity contribution in [2.45, 2.75) is 63.5 Å². The van der Waals surface area contributed by atoms with Gasteiger partial charge in [-0.3, -0.25) is 0 Å². The highest BCUT2D eigenvalue weighted by Crippen LogP contribution is 2.28. The van der Waals surface area contributed by atoms with Crippen LogP contribution in [0.3, 0.4) is 0 Å². The van der Waals surface area contributed by atoms with Crippen LogP contribution < -0.4 is 5.32 Å². The lowest BCUT2D eigenvalue weighted by molar-refractivity contribution is 0.0225. The third-order valence-electron chi connectivity index (χ3n) is 4.39. The summed E-state index contributed by atoms with van der Waals surface area (Å²) < 4.78 is 1.11. The molecule has 1 unspecified atom stereocenters. The lowest BCUT2D eigenvalue weighted by Gasteiger charge is -2.29. The van der Waals surface area contributed by atoms with E-state index in [1.165, 1.54) is 18.4 Å². The molecule has 1 fully saturated rings. The van der Waals surface area contributed by atoms with Crippen LogP contribution in [0, 0.1) is 0 Å². The van der Waals surface area contributed by atoms with Crippen molar-refractivity contribution in [2.75, 3.05) is 6.54 Å². The van der Waals surface area contributed by atoms with Crippen molar-refractivity contribution in [1.82, 2.24) is 5.32 Å². The van der Waals surface area contributed by atoms with E-state index in [0.717, 1.165) is 36.6 Å². The molecule has 3 heteroatoms. The Labute approximate surface area is 131 Å². The van der Waals surface area contributed by atoms with E-state index in [1.807, 2.05) is 0 Å². The maximum Gasteiger partial charge on any atom is 0.0771 e. The van der Waals surface area contributed by atoms with Crippen LogP contribution >= 0.6 is 15.9 Å². The second-order valence-electron chi connectivity index (χ2n) is 6.03. The third-order valence-corrected chi connectivity index (χ3v) is 4.92. The largest absolute Gasteiger partial charge is 0.389 e. The van der Waals surface area contributed by atoms with Gasteiger partial charge < -0.3 is 10.4 Å². The zero-order chi connectivity index (χ0) is 14.4. The SMILES string of the molecule is CCC(NCC1(O)CCCCCC1)c1ccc(Br)cc1. The lowest BCUT2D eigenvalue weighted by atomic mass is 9.93. The Morgan fingerprint density at radius 3 is 2.30 bits per heavy atom. The smallest absolute Gasteiger partial charge is 0.0771 e. The summed E-state index contributed by atoms with van der Waals surface area (Å²) in [6.45, 7) is 2.90. The summed E-state index contributed by atoms with van der Waals surface area (Å²) in [5.74, 6) is 0. The summed E-state index contributed by atoms with van der Waals surface area (Å²) in [5.41, 5.74) is 0.798. The Hall–Kier alpha value is -0.380. The molecule has 0 radical (unpaired) electrons. The molecule has 20 heavy (non-hydrogen) atoms. The van der Waals surface area contributed by atoms with Crippen molar-refractivity contribution < 1.29 is 5.11 Å². The summed E-state index contributed by atoms with van der Waals surface area (Å²) in [4.78, 5) is 0. The van der Waals surface area contributed by atoms with Gasteiger partial charge in [0, 0.05) is 17.1 Å². The van der Waals surface area contributed by atoms with Crippen molar-refractivity contribution in [1.29, 1.82) is 0 Å². The van der Waals surface area contributed by atoms with Gasteiger partial charge in [-0.2, -0.15) is 0 Å². The molecule has 0 bridgehead atoms. The van der Waals surface area contributed by atoms with Crippen LogP contribution in [-0.2, 0) is 0 Å². The molecule has 2 N–H and O–H groups in total. The van der Waals surface area contributed by atoms with E-state index in [9.17, 15) is 5.11 Å². The molecule has 0 spiro atoms. The number of nitrogens with one attached hydrogen (secondary N) is 1. The van der Waals surface area contributed by atoms with Gasteiger partial charge in [-0.15, -0.1) is 0 Å². The first kappa shape index (κ1) is 16.0. The van der Waals surface area contributed by atoms with E-state index < -0.39 is 5.60 Å². The van der Waals surface area contributed by atoms with Crippen LogP contribution in [-0.4, -0.2) is 17.3 Å². The fourth-order valence-electron chi connectivity index (χ4n) is 3.07. The maximum atomic E-state index is 10.7. The first-order chi connectivity index (χ1) is 9.63. The molecule has 1 aliphatic rings. The number of halogens is 1. The molecular formula is C17H26BrNO. The molecule has 1 aromatic carbocycles. The van der Waals surface area contributed by atoms with Gasteiger partial charge in [-0.1, -0.05) is 60.7 Å². The van der Waals surface area contributed by atoms with Gasteiger partial charge >= 0.3 is 0 Å². The Bertz CT molecular complexity index is 396. The normalized spacial score (nSPS) is 20.4. The Balaban J connectivity index is 1.94. The quantitative estimate of drug-likeness (QED) is 0.769.